The molecule has 126 valence electrons. The van der Waals surface area contributed by atoms with E-state index in [0.29, 0.717) is 12.3 Å². The summed E-state index contributed by atoms with van der Waals surface area (Å²) in [6.45, 7) is 0.594. The average Bonchev–Trinajstić information content (AvgIpc) is 2.95. The lowest BCUT2D eigenvalue weighted by atomic mass is 9.47. The van der Waals surface area contributed by atoms with Crippen LogP contribution in [0.1, 0.15) is 50.0 Å². The van der Waals surface area contributed by atoms with Crippen molar-refractivity contribution in [1.82, 2.24) is 0 Å². The second-order valence-corrected chi connectivity index (χ2v) is 8.52. The quantitative estimate of drug-likeness (QED) is 0.675. The predicted molar refractivity (Wildman–Crippen MR) is 89.9 cm³/mol. The minimum Gasteiger partial charge on any atom is -0.384 e. The van der Waals surface area contributed by atoms with Crippen LogP contribution in [0.2, 0.25) is 0 Å². The van der Waals surface area contributed by atoms with Crippen LogP contribution in [0.25, 0.3) is 0 Å². The van der Waals surface area contributed by atoms with E-state index in [-0.39, 0.29) is 21.9 Å². The van der Waals surface area contributed by atoms with Crippen LogP contribution in [0.3, 0.4) is 0 Å². The van der Waals surface area contributed by atoms with E-state index in [0.717, 1.165) is 48.3 Å². The summed E-state index contributed by atoms with van der Waals surface area (Å²) in [5.74, 6) is 2.54. The van der Waals surface area contributed by atoms with E-state index in [4.69, 9.17) is 0 Å². The van der Waals surface area contributed by atoms with Crippen LogP contribution < -0.4 is 5.32 Å². The van der Waals surface area contributed by atoms with Gasteiger partial charge in [0.25, 0.3) is 5.69 Å². The molecule has 0 aromatic heterocycles. The van der Waals surface area contributed by atoms with Gasteiger partial charge in [-0.15, -0.1) is 0 Å². The van der Waals surface area contributed by atoms with Crippen molar-refractivity contribution in [2.75, 3.05) is 11.9 Å². The molecular weight excluding hydrogens is 304 g/mol. The van der Waals surface area contributed by atoms with Gasteiger partial charge >= 0.3 is 0 Å². The Balaban J connectivity index is 1.46. The number of non-ortho nitro benzene ring substituents is 1. The molecule has 1 aromatic carbocycles. The first kappa shape index (κ1) is 14.4. The fourth-order valence-electron chi connectivity index (χ4n) is 6.45. The van der Waals surface area contributed by atoms with E-state index in [9.17, 15) is 14.9 Å². The van der Waals surface area contributed by atoms with Crippen molar-refractivity contribution in [3.8, 4) is 0 Å². The first-order chi connectivity index (χ1) is 11.5. The van der Waals surface area contributed by atoms with Gasteiger partial charge in [-0.3, -0.25) is 14.9 Å². The van der Waals surface area contributed by atoms with E-state index in [1.54, 1.807) is 12.1 Å². The molecule has 1 N–H and O–H groups in total. The summed E-state index contributed by atoms with van der Waals surface area (Å²) in [5.41, 5.74) is 1.71. The highest BCUT2D eigenvalue weighted by atomic mass is 16.6. The number of Topliss-reactive ketones (excluding diaryl/α,β-unsaturated/α-hetero) is 1. The number of benzene rings is 1. The summed E-state index contributed by atoms with van der Waals surface area (Å²) in [6.07, 6.45) is 7.23. The Kier molecular flexibility index (Phi) is 2.89. The van der Waals surface area contributed by atoms with Crippen LogP contribution in [-0.4, -0.2) is 17.3 Å². The molecule has 1 heterocycles. The third-order valence-corrected chi connectivity index (χ3v) is 7.00. The number of nitro groups is 1. The molecule has 5 aliphatic rings. The smallest absolute Gasteiger partial charge is 0.271 e. The van der Waals surface area contributed by atoms with Crippen molar-refractivity contribution in [3.63, 3.8) is 0 Å². The first-order valence-electron chi connectivity index (χ1n) is 9.10. The highest BCUT2D eigenvalue weighted by Gasteiger charge is 2.56. The molecule has 0 spiro atoms. The number of nitro benzene ring substituents is 1. The zero-order valence-electron chi connectivity index (χ0n) is 13.7. The molecule has 1 aromatic rings. The van der Waals surface area contributed by atoms with Crippen LogP contribution in [0.4, 0.5) is 11.4 Å². The van der Waals surface area contributed by atoms with Crippen LogP contribution in [-0.2, 0) is 4.79 Å². The minimum absolute atomic E-state index is 0.0872. The fourth-order valence-corrected chi connectivity index (χ4v) is 6.45. The first-order valence-corrected chi connectivity index (χ1v) is 9.10. The second-order valence-electron chi connectivity index (χ2n) is 8.52. The molecule has 0 saturated heterocycles. The van der Waals surface area contributed by atoms with Crippen molar-refractivity contribution in [2.24, 2.45) is 23.2 Å². The molecule has 5 heteroatoms. The second kappa shape index (κ2) is 4.80. The lowest BCUT2D eigenvalue weighted by Crippen LogP contribution is -2.51. The number of carbonyl (C=O) groups is 1. The third-order valence-electron chi connectivity index (χ3n) is 7.00. The molecule has 0 radical (unpaired) electrons. The number of ketones is 1. The number of rotatable bonds is 3. The van der Waals surface area contributed by atoms with E-state index in [1.807, 2.05) is 0 Å². The summed E-state index contributed by atoms with van der Waals surface area (Å²) >= 11 is 0. The Morgan fingerprint density at radius 2 is 1.75 bits per heavy atom. The van der Waals surface area contributed by atoms with Crippen LogP contribution in [0.15, 0.2) is 18.2 Å². The molecule has 1 unspecified atom stereocenters. The zero-order chi connectivity index (χ0) is 16.5. The van der Waals surface area contributed by atoms with Crippen molar-refractivity contribution >= 4 is 17.2 Å². The molecule has 0 amide bonds. The Hall–Kier alpha value is -1.91. The zero-order valence-corrected chi connectivity index (χ0v) is 13.7. The lowest BCUT2D eigenvalue weighted by Gasteiger charge is -2.56. The van der Waals surface area contributed by atoms with Gasteiger partial charge in [0.2, 0.25) is 0 Å². The fraction of sp³-hybridized carbons (Fsp3) is 0.632. The Morgan fingerprint density at radius 1 is 1.12 bits per heavy atom. The summed E-state index contributed by atoms with van der Waals surface area (Å²) in [4.78, 5) is 24.1. The van der Waals surface area contributed by atoms with Gasteiger partial charge in [-0.05, 0) is 67.9 Å². The van der Waals surface area contributed by atoms with E-state index < -0.39 is 0 Å². The standard InChI is InChI=1S/C19H22N2O3/c22-18(19-7-11-3-12(8-19)5-13(4-11)9-19)16-10-20-17-6-14(21(23)24)1-2-15(16)17/h1-2,6,11-13,16,20H,3-5,7-10H2. The van der Waals surface area contributed by atoms with Gasteiger partial charge in [0.15, 0.2) is 0 Å². The largest absolute Gasteiger partial charge is 0.384 e. The van der Waals surface area contributed by atoms with Gasteiger partial charge in [0.1, 0.15) is 5.78 Å². The maximum Gasteiger partial charge on any atom is 0.271 e. The monoisotopic (exact) mass is 326 g/mol. The molecule has 4 aliphatic carbocycles. The molecule has 1 atom stereocenters. The topological polar surface area (TPSA) is 72.2 Å². The maximum absolute atomic E-state index is 13.5. The highest BCUT2D eigenvalue weighted by Crippen LogP contribution is 2.61. The summed E-state index contributed by atoms with van der Waals surface area (Å²) in [6, 6.07) is 4.89. The van der Waals surface area contributed by atoms with Gasteiger partial charge in [-0.2, -0.15) is 0 Å². The predicted octanol–water partition coefficient (Wildman–Crippen LogP) is 3.89. The number of nitrogens with zero attached hydrogens (tertiary/aromatic N) is 1. The molecule has 4 saturated carbocycles. The molecule has 6 rings (SSSR count). The van der Waals surface area contributed by atoms with Crippen molar-refractivity contribution in [2.45, 2.75) is 44.4 Å². The number of fused-ring (bicyclic) bond motifs is 1. The maximum atomic E-state index is 13.5. The lowest BCUT2D eigenvalue weighted by molar-refractivity contribution is -0.384. The van der Waals surface area contributed by atoms with Crippen molar-refractivity contribution < 1.29 is 9.72 Å². The van der Waals surface area contributed by atoms with Crippen molar-refractivity contribution in [1.29, 1.82) is 0 Å². The van der Waals surface area contributed by atoms with E-state index in [2.05, 4.69) is 5.32 Å². The summed E-state index contributed by atoms with van der Waals surface area (Å²) in [7, 11) is 0. The molecule has 4 bridgehead atoms. The number of carbonyl (C=O) groups excluding carboxylic acids is 1. The normalized spacial score (nSPS) is 38.7. The van der Waals surface area contributed by atoms with E-state index in [1.165, 1.54) is 25.3 Å². The number of nitrogens with one attached hydrogen (secondary N) is 1. The van der Waals surface area contributed by atoms with Gasteiger partial charge in [0.05, 0.1) is 10.8 Å². The molecular formula is C19H22N2O3. The van der Waals surface area contributed by atoms with Crippen molar-refractivity contribution in [3.05, 3.63) is 33.9 Å². The van der Waals surface area contributed by atoms with Gasteiger partial charge in [0, 0.05) is 29.8 Å². The van der Waals surface area contributed by atoms with E-state index >= 15 is 0 Å². The van der Waals surface area contributed by atoms with Crippen LogP contribution in [0.5, 0.6) is 0 Å². The van der Waals surface area contributed by atoms with Gasteiger partial charge < -0.3 is 5.32 Å². The number of hydrogen-bond donors (Lipinski definition) is 1. The molecule has 24 heavy (non-hydrogen) atoms. The third kappa shape index (κ3) is 1.96. The number of anilines is 1. The summed E-state index contributed by atoms with van der Waals surface area (Å²) in [5, 5.41) is 14.2. The van der Waals surface area contributed by atoms with Crippen LogP contribution >= 0.6 is 0 Å². The number of hydrogen-bond acceptors (Lipinski definition) is 4. The Morgan fingerprint density at radius 3 is 2.33 bits per heavy atom. The summed E-state index contributed by atoms with van der Waals surface area (Å²) < 4.78 is 0. The molecule has 5 nitrogen and oxygen atoms in total. The molecule has 4 fully saturated rings. The van der Waals surface area contributed by atoms with Gasteiger partial charge in [-0.1, -0.05) is 0 Å². The molecule has 1 aliphatic heterocycles. The SMILES string of the molecule is O=C(C1CNc2cc([N+](=O)[O-])ccc21)C12CC3CC(CC(C3)C1)C2. The van der Waals surface area contributed by atoms with Gasteiger partial charge in [-0.25, -0.2) is 0 Å². The van der Waals surface area contributed by atoms with Crippen LogP contribution in [0, 0.1) is 33.3 Å². The minimum atomic E-state index is -0.379. The Bertz CT molecular complexity index is 707. The average molecular weight is 326 g/mol. The highest BCUT2D eigenvalue weighted by molar-refractivity contribution is 5.95. The Labute approximate surface area is 141 Å².